The minimum absolute atomic E-state index is 0.0893. The van der Waals surface area contributed by atoms with E-state index in [2.05, 4.69) is 20.4 Å². The van der Waals surface area contributed by atoms with Crippen molar-refractivity contribution in [2.75, 3.05) is 56.0 Å². The molecule has 35 heavy (non-hydrogen) atoms. The van der Waals surface area contributed by atoms with Crippen LogP contribution in [0.2, 0.25) is 0 Å². The third kappa shape index (κ3) is 6.16. The summed E-state index contributed by atoms with van der Waals surface area (Å²) in [4.78, 5) is 44.3. The van der Waals surface area contributed by atoms with Crippen LogP contribution >= 0.6 is 0 Å². The Morgan fingerprint density at radius 3 is 2.46 bits per heavy atom. The highest BCUT2D eigenvalue weighted by Crippen LogP contribution is 2.19. The highest BCUT2D eigenvalue weighted by molar-refractivity contribution is 5.98. The summed E-state index contributed by atoms with van der Waals surface area (Å²) in [5.74, 6) is -1.01. The lowest BCUT2D eigenvalue weighted by atomic mass is 10.1. The first-order valence-corrected chi connectivity index (χ1v) is 12.1. The summed E-state index contributed by atoms with van der Waals surface area (Å²) < 4.78 is 13.2. The average Bonchev–Trinajstić information content (AvgIpc) is 2.86. The largest absolute Gasteiger partial charge is 0.369 e. The molecule has 2 fully saturated rings. The summed E-state index contributed by atoms with van der Waals surface area (Å²) >= 11 is 0. The van der Waals surface area contributed by atoms with Crippen molar-refractivity contribution in [1.82, 2.24) is 15.1 Å². The maximum atomic E-state index is 13.2. The molecule has 0 aliphatic carbocycles. The van der Waals surface area contributed by atoms with E-state index in [1.807, 2.05) is 31.2 Å². The molecule has 0 aromatic heterocycles. The number of hydrogen-bond donors (Lipinski definition) is 2. The van der Waals surface area contributed by atoms with Gasteiger partial charge in [0.25, 0.3) is 0 Å². The summed E-state index contributed by atoms with van der Waals surface area (Å²) in [6.07, 6.45) is 0.688. The van der Waals surface area contributed by atoms with E-state index in [9.17, 15) is 18.8 Å². The normalized spacial score (nSPS) is 18.8. The number of anilines is 2. The second-order valence-electron chi connectivity index (χ2n) is 8.90. The van der Waals surface area contributed by atoms with Gasteiger partial charge in [-0.1, -0.05) is 25.1 Å². The minimum atomic E-state index is -0.828. The average molecular weight is 482 g/mol. The summed E-state index contributed by atoms with van der Waals surface area (Å²) in [5, 5.41) is 5.68. The zero-order valence-corrected chi connectivity index (χ0v) is 20.0. The van der Waals surface area contributed by atoms with E-state index in [-0.39, 0.29) is 36.5 Å². The Balaban J connectivity index is 1.33. The molecule has 0 unspecified atom stereocenters. The Labute approximate surface area is 205 Å². The molecule has 3 amide bonds. The quantitative estimate of drug-likeness (QED) is 0.631. The number of carbonyl (C=O) groups excluding carboxylic acids is 3. The van der Waals surface area contributed by atoms with Crippen molar-refractivity contribution in [1.29, 1.82) is 0 Å². The molecular weight excluding hydrogens is 449 g/mol. The molecule has 2 heterocycles. The Hall–Kier alpha value is -3.46. The first kappa shape index (κ1) is 24.7. The Morgan fingerprint density at radius 2 is 1.74 bits per heavy atom. The van der Waals surface area contributed by atoms with Crippen molar-refractivity contribution < 1.29 is 18.8 Å². The SMILES string of the molecule is CCc1ccccc1NC(=O)C[C@H]1C(=O)NCCN1C(=O)CN1CCN(c2ccc(F)cc2)CC1. The number of aryl methyl sites for hydroxylation is 1. The topological polar surface area (TPSA) is 85.0 Å². The summed E-state index contributed by atoms with van der Waals surface area (Å²) in [7, 11) is 0. The molecule has 8 nitrogen and oxygen atoms in total. The van der Waals surface area contributed by atoms with Gasteiger partial charge >= 0.3 is 0 Å². The van der Waals surface area contributed by atoms with E-state index in [4.69, 9.17) is 0 Å². The van der Waals surface area contributed by atoms with E-state index >= 15 is 0 Å². The van der Waals surface area contributed by atoms with Crippen LogP contribution in [0.15, 0.2) is 48.5 Å². The number of benzene rings is 2. The zero-order chi connectivity index (χ0) is 24.8. The highest BCUT2D eigenvalue weighted by atomic mass is 19.1. The number of carbonyl (C=O) groups is 3. The Morgan fingerprint density at radius 1 is 1.03 bits per heavy atom. The van der Waals surface area contributed by atoms with Crippen LogP contribution in [0.3, 0.4) is 0 Å². The maximum Gasteiger partial charge on any atom is 0.243 e. The highest BCUT2D eigenvalue weighted by Gasteiger charge is 2.35. The predicted molar refractivity (Wildman–Crippen MR) is 133 cm³/mol. The molecule has 186 valence electrons. The van der Waals surface area contributed by atoms with Gasteiger partial charge in [0, 0.05) is 50.6 Å². The van der Waals surface area contributed by atoms with E-state index < -0.39 is 6.04 Å². The van der Waals surface area contributed by atoms with Gasteiger partial charge in [0.2, 0.25) is 17.7 Å². The number of nitrogens with zero attached hydrogens (tertiary/aromatic N) is 3. The van der Waals surface area contributed by atoms with Gasteiger partial charge in [-0.05, 0) is 42.3 Å². The molecule has 2 aromatic carbocycles. The first-order chi connectivity index (χ1) is 16.9. The molecule has 0 bridgehead atoms. The zero-order valence-electron chi connectivity index (χ0n) is 20.0. The molecule has 2 aliphatic heterocycles. The van der Waals surface area contributed by atoms with Crippen molar-refractivity contribution in [2.24, 2.45) is 0 Å². The number of halogens is 1. The second kappa shape index (κ2) is 11.3. The molecule has 4 rings (SSSR count). The molecule has 0 saturated carbocycles. The van der Waals surface area contributed by atoms with Crippen LogP contribution in [0.4, 0.5) is 15.8 Å². The van der Waals surface area contributed by atoms with Crippen molar-refractivity contribution in [2.45, 2.75) is 25.8 Å². The third-order valence-electron chi connectivity index (χ3n) is 6.63. The van der Waals surface area contributed by atoms with Crippen LogP contribution < -0.4 is 15.5 Å². The van der Waals surface area contributed by atoms with Crippen LogP contribution in [0, 0.1) is 5.82 Å². The number of para-hydroxylation sites is 1. The third-order valence-corrected chi connectivity index (χ3v) is 6.63. The summed E-state index contributed by atoms with van der Waals surface area (Å²) in [6, 6.07) is 13.2. The van der Waals surface area contributed by atoms with Gasteiger partial charge in [0.1, 0.15) is 11.9 Å². The smallest absolute Gasteiger partial charge is 0.243 e. The fraction of sp³-hybridized carbons (Fsp3) is 0.423. The lowest BCUT2D eigenvalue weighted by Gasteiger charge is -2.39. The number of rotatable bonds is 7. The lowest BCUT2D eigenvalue weighted by molar-refractivity contribution is -0.145. The van der Waals surface area contributed by atoms with Gasteiger partial charge in [-0.2, -0.15) is 0 Å². The summed E-state index contributed by atoms with van der Waals surface area (Å²) in [6.45, 7) is 5.78. The number of amides is 3. The van der Waals surface area contributed by atoms with Gasteiger partial charge in [-0.25, -0.2) is 4.39 Å². The van der Waals surface area contributed by atoms with Gasteiger partial charge in [-0.3, -0.25) is 19.3 Å². The van der Waals surface area contributed by atoms with Crippen LogP contribution in [-0.4, -0.2) is 79.4 Å². The Kier molecular flexibility index (Phi) is 7.97. The van der Waals surface area contributed by atoms with E-state index in [1.54, 1.807) is 12.1 Å². The lowest BCUT2D eigenvalue weighted by Crippen LogP contribution is -2.60. The summed E-state index contributed by atoms with van der Waals surface area (Å²) in [5.41, 5.74) is 2.70. The van der Waals surface area contributed by atoms with Gasteiger partial charge in [0.05, 0.1) is 13.0 Å². The standard InChI is InChI=1S/C26H32FN5O3/c1-2-19-5-3-4-6-22(19)29-24(33)17-23-26(35)28-11-12-32(23)25(34)18-30-13-15-31(16-14-30)21-9-7-20(27)8-10-21/h3-10,23H,2,11-18H2,1H3,(H,28,35)(H,29,33)/t23-/m0/s1. The number of hydrogen-bond acceptors (Lipinski definition) is 5. The van der Waals surface area contributed by atoms with E-state index in [0.29, 0.717) is 26.2 Å². The molecular formula is C26H32FN5O3. The van der Waals surface area contributed by atoms with Crippen LogP contribution in [-0.2, 0) is 20.8 Å². The first-order valence-electron chi connectivity index (χ1n) is 12.1. The number of nitrogens with one attached hydrogen (secondary N) is 2. The molecule has 2 N–H and O–H groups in total. The van der Waals surface area contributed by atoms with Crippen molar-refractivity contribution in [3.05, 3.63) is 59.9 Å². The Bertz CT molecular complexity index is 1050. The second-order valence-corrected chi connectivity index (χ2v) is 8.90. The molecule has 0 spiro atoms. The van der Waals surface area contributed by atoms with E-state index in [0.717, 1.165) is 36.4 Å². The molecule has 0 radical (unpaired) electrons. The molecule has 9 heteroatoms. The van der Waals surface area contributed by atoms with Gasteiger partial charge < -0.3 is 20.4 Å². The molecule has 2 aliphatic rings. The fourth-order valence-electron chi connectivity index (χ4n) is 4.64. The number of piperazine rings is 2. The molecule has 2 aromatic rings. The van der Waals surface area contributed by atoms with Crippen LogP contribution in [0.25, 0.3) is 0 Å². The van der Waals surface area contributed by atoms with Crippen LogP contribution in [0.5, 0.6) is 0 Å². The minimum Gasteiger partial charge on any atom is -0.369 e. The van der Waals surface area contributed by atoms with Crippen LogP contribution in [0.1, 0.15) is 18.9 Å². The predicted octanol–water partition coefficient (Wildman–Crippen LogP) is 1.87. The van der Waals surface area contributed by atoms with Gasteiger partial charge in [-0.15, -0.1) is 0 Å². The van der Waals surface area contributed by atoms with Crippen molar-refractivity contribution in [3.8, 4) is 0 Å². The molecule has 2 saturated heterocycles. The van der Waals surface area contributed by atoms with Crippen molar-refractivity contribution >= 4 is 29.1 Å². The fourth-order valence-corrected chi connectivity index (χ4v) is 4.64. The monoisotopic (exact) mass is 481 g/mol. The maximum absolute atomic E-state index is 13.2. The van der Waals surface area contributed by atoms with E-state index in [1.165, 1.54) is 17.0 Å². The van der Waals surface area contributed by atoms with Gasteiger partial charge in [0.15, 0.2) is 0 Å². The molecule has 1 atom stereocenters. The van der Waals surface area contributed by atoms with Crippen molar-refractivity contribution in [3.63, 3.8) is 0 Å².